The van der Waals surface area contributed by atoms with Gasteiger partial charge < -0.3 is 9.15 Å². The number of rotatable bonds is 4. The van der Waals surface area contributed by atoms with Gasteiger partial charge >= 0.3 is 5.97 Å². The minimum Gasteiger partial charge on any atom is -0.465 e. The van der Waals surface area contributed by atoms with Crippen molar-refractivity contribution in [2.24, 2.45) is 5.10 Å². The minimum absolute atomic E-state index is 0.0764. The molecule has 1 N–H and O–H groups in total. The topological polar surface area (TPSA) is 76.7 Å². The van der Waals surface area contributed by atoms with E-state index in [0.717, 1.165) is 38.8 Å². The maximum absolute atomic E-state index is 11.9. The number of carbonyl (C=O) groups is 1. The highest BCUT2D eigenvalue weighted by atomic mass is 32.1. The lowest BCUT2D eigenvalue weighted by atomic mass is 9.86. The molecular formula is C27H29N3O3S. The van der Waals surface area contributed by atoms with Crippen LogP contribution in [0.3, 0.4) is 0 Å². The van der Waals surface area contributed by atoms with Gasteiger partial charge in [0, 0.05) is 17.0 Å². The molecule has 6 nitrogen and oxygen atoms in total. The number of aryl methyl sites for hydroxylation is 3. The third-order valence-corrected chi connectivity index (χ3v) is 6.88. The van der Waals surface area contributed by atoms with Gasteiger partial charge in [0.25, 0.3) is 0 Å². The van der Waals surface area contributed by atoms with Crippen LogP contribution in [0.25, 0.3) is 22.3 Å². The number of esters is 1. The molecule has 0 saturated heterocycles. The van der Waals surface area contributed by atoms with Gasteiger partial charge in [-0.1, -0.05) is 56.4 Å². The Morgan fingerprint density at radius 2 is 1.74 bits per heavy atom. The van der Waals surface area contributed by atoms with Gasteiger partial charge in [-0.15, -0.1) is 0 Å². The molecule has 0 radical (unpaired) electrons. The molecule has 0 aliphatic carbocycles. The van der Waals surface area contributed by atoms with Crippen molar-refractivity contribution >= 4 is 33.4 Å². The van der Waals surface area contributed by atoms with Gasteiger partial charge in [-0.2, -0.15) is 5.10 Å². The number of carbonyl (C=O) groups excluding carboxylic acids is 1. The van der Waals surface area contributed by atoms with Gasteiger partial charge in [0.1, 0.15) is 16.2 Å². The van der Waals surface area contributed by atoms with Crippen molar-refractivity contribution in [3.63, 3.8) is 0 Å². The van der Waals surface area contributed by atoms with Crippen LogP contribution in [0.2, 0.25) is 0 Å². The van der Waals surface area contributed by atoms with Crippen LogP contribution in [0.1, 0.15) is 52.8 Å². The number of ether oxygens (including phenoxy) is 1. The summed E-state index contributed by atoms with van der Waals surface area (Å²) in [5.41, 5.74) is 8.99. The fourth-order valence-electron chi connectivity index (χ4n) is 3.63. The van der Waals surface area contributed by atoms with Crippen LogP contribution in [0.15, 0.2) is 52.0 Å². The number of hydrogen-bond acceptors (Lipinski definition) is 7. The van der Waals surface area contributed by atoms with Crippen molar-refractivity contribution in [2.75, 3.05) is 12.5 Å². The molecule has 2 heterocycles. The number of anilines is 1. The zero-order valence-electron chi connectivity index (χ0n) is 20.6. The average molecular weight is 476 g/mol. The zero-order valence-corrected chi connectivity index (χ0v) is 21.4. The Bertz CT molecular complexity index is 1440. The summed E-state index contributed by atoms with van der Waals surface area (Å²) in [6.45, 7) is 12.5. The lowest BCUT2D eigenvalue weighted by Gasteiger charge is -2.19. The normalized spacial score (nSPS) is 12.3. The van der Waals surface area contributed by atoms with Crippen molar-refractivity contribution in [1.82, 2.24) is 4.98 Å². The SMILES string of the molecule is COC(=O)c1sc(N/N=c2\cc(-c3ccc(C(C)(C)C)cc3)oc3cc(C)c(C)cc23)nc1C. The predicted molar refractivity (Wildman–Crippen MR) is 137 cm³/mol. The van der Waals surface area contributed by atoms with Crippen LogP contribution >= 0.6 is 11.3 Å². The highest BCUT2D eigenvalue weighted by Gasteiger charge is 2.16. The highest BCUT2D eigenvalue weighted by Crippen LogP contribution is 2.28. The van der Waals surface area contributed by atoms with Gasteiger partial charge in [-0.05, 0) is 55.0 Å². The first-order valence-corrected chi connectivity index (χ1v) is 11.9. The van der Waals surface area contributed by atoms with E-state index in [1.807, 2.05) is 12.1 Å². The van der Waals surface area contributed by atoms with E-state index < -0.39 is 5.97 Å². The molecule has 2 aromatic heterocycles. The van der Waals surface area contributed by atoms with Gasteiger partial charge in [0.05, 0.1) is 18.2 Å². The van der Waals surface area contributed by atoms with Gasteiger partial charge in [0.15, 0.2) is 0 Å². The van der Waals surface area contributed by atoms with E-state index in [9.17, 15) is 4.79 Å². The largest absolute Gasteiger partial charge is 0.465 e. The van der Waals surface area contributed by atoms with Gasteiger partial charge in [0.2, 0.25) is 5.13 Å². The van der Waals surface area contributed by atoms with Crippen LogP contribution in [-0.4, -0.2) is 18.1 Å². The molecule has 0 atom stereocenters. The van der Waals surface area contributed by atoms with Crippen LogP contribution in [0.5, 0.6) is 0 Å². The van der Waals surface area contributed by atoms with Crippen molar-refractivity contribution in [1.29, 1.82) is 0 Å². The molecule has 0 fully saturated rings. The van der Waals surface area contributed by atoms with E-state index >= 15 is 0 Å². The van der Waals surface area contributed by atoms with Crippen molar-refractivity contribution < 1.29 is 13.9 Å². The number of methoxy groups -OCH3 is 1. The molecule has 0 aliphatic heterocycles. The van der Waals surface area contributed by atoms with Crippen LogP contribution in [0.4, 0.5) is 5.13 Å². The Kier molecular flexibility index (Phi) is 6.32. The fourth-order valence-corrected chi connectivity index (χ4v) is 4.46. The van der Waals surface area contributed by atoms with Crippen LogP contribution < -0.4 is 10.8 Å². The minimum atomic E-state index is -0.404. The molecule has 4 aromatic rings. The standard InChI is InChI=1S/C27H29N3O3S/c1-15-12-20-21(29-30-26-28-17(3)24(34-26)25(31)32-7)14-22(33-23(20)13-16(15)2)18-8-10-19(11-9-18)27(4,5)6/h8-14H,1-7H3,(H,28,30)/b29-21+. The number of fused-ring (bicyclic) bond motifs is 1. The summed E-state index contributed by atoms with van der Waals surface area (Å²) in [5, 5.41) is 6.79. The molecule has 0 aliphatic rings. The fraction of sp³-hybridized carbons (Fsp3) is 0.296. The molecular weight excluding hydrogens is 446 g/mol. The Balaban J connectivity index is 1.82. The van der Waals surface area contributed by atoms with Crippen LogP contribution in [-0.2, 0) is 10.2 Å². The maximum Gasteiger partial charge on any atom is 0.350 e. The predicted octanol–water partition coefficient (Wildman–Crippen LogP) is 6.49. The van der Waals surface area contributed by atoms with E-state index in [4.69, 9.17) is 9.15 Å². The first-order chi connectivity index (χ1) is 16.1. The van der Waals surface area contributed by atoms with E-state index in [-0.39, 0.29) is 5.41 Å². The summed E-state index contributed by atoms with van der Waals surface area (Å²) in [6, 6.07) is 14.5. The smallest absolute Gasteiger partial charge is 0.350 e. The number of benzene rings is 2. The summed E-state index contributed by atoms with van der Waals surface area (Å²) in [5.74, 6) is 0.321. The number of thiazole rings is 1. The monoisotopic (exact) mass is 475 g/mol. The maximum atomic E-state index is 11.9. The first-order valence-electron chi connectivity index (χ1n) is 11.1. The molecule has 2 aromatic carbocycles. The third kappa shape index (κ3) is 4.75. The first kappa shape index (κ1) is 23.7. The summed E-state index contributed by atoms with van der Waals surface area (Å²) < 4.78 is 11.1. The Hall–Kier alpha value is -3.45. The molecule has 7 heteroatoms. The summed E-state index contributed by atoms with van der Waals surface area (Å²) in [4.78, 5) is 16.8. The molecule has 0 spiro atoms. The zero-order chi connectivity index (χ0) is 24.6. The summed E-state index contributed by atoms with van der Waals surface area (Å²) in [7, 11) is 1.36. The lowest BCUT2D eigenvalue weighted by molar-refractivity contribution is 0.0605. The molecule has 0 bridgehead atoms. The van der Waals surface area contributed by atoms with E-state index in [1.165, 1.54) is 24.0 Å². The van der Waals surface area contributed by atoms with Gasteiger partial charge in [-0.3, -0.25) is 5.43 Å². The van der Waals surface area contributed by atoms with Crippen LogP contribution in [0, 0.1) is 20.8 Å². The average Bonchev–Trinajstić information content (AvgIpc) is 3.17. The third-order valence-electron chi connectivity index (χ3n) is 5.83. The second-order valence-electron chi connectivity index (χ2n) is 9.40. The van der Waals surface area contributed by atoms with Crippen molar-refractivity contribution in [3.05, 3.63) is 75.1 Å². The van der Waals surface area contributed by atoms with E-state index in [0.29, 0.717) is 15.7 Å². The lowest BCUT2D eigenvalue weighted by Crippen LogP contribution is -2.10. The Morgan fingerprint density at radius 3 is 2.38 bits per heavy atom. The molecule has 0 unspecified atom stereocenters. The van der Waals surface area contributed by atoms with Crippen molar-refractivity contribution in [2.45, 2.75) is 47.0 Å². The van der Waals surface area contributed by atoms with Crippen molar-refractivity contribution in [3.8, 4) is 11.3 Å². The molecule has 0 saturated carbocycles. The van der Waals surface area contributed by atoms with Gasteiger partial charge in [-0.25, -0.2) is 9.78 Å². The number of nitrogens with zero attached hydrogens (tertiary/aromatic N) is 2. The Morgan fingerprint density at radius 1 is 1.06 bits per heavy atom. The number of nitrogens with one attached hydrogen (secondary N) is 1. The molecule has 176 valence electrons. The molecule has 0 amide bonds. The summed E-state index contributed by atoms with van der Waals surface area (Å²) >= 11 is 1.21. The molecule has 34 heavy (non-hydrogen) atoms. The molecule has 4 rings (SSSR count). The number of hydrogen-bond donors (Lipinski definition) is 1. The quantitative estimate of drug-likeness (QED) is 0.269. The summed E-state index contributed by atoms with van der Waals surface area (Å²) in [6.07, 6.45) is 0. The van der Waals surface area contributed by atoms with E-state index in [2.05, 4.69) is 80.5 Å². The second kappa shape index (κ2) is 9.06. The van der Waals surface area contributed by atoms with E-state index in [1.54, 1.807) is 6.92 Å². The highest BCUT2D eigenvalue weighted by molar-refractivity contribution is 7.17. The Labute approximate surface area is 203 Å². The number of aromatic nitrogens is 1. The second-order valence-corrected chi connectivity index (χ2v) is 10.4.